The highest BCUT2D eigenvalue weighted by Gasteiger charge is 2.44. The molecule has 4 aromatic rings. The SMILES string of the molecule is CCC(c1ccccc1)C(N1CCC(C(O)(c2ccccc2)c2ccccc2)CC1)N(C)C(=O)c1ccccc1. The van der Waals surface area contributed by atoms with Gasteiger partial charge in [-0.15, -0.1) is 0 Å². The molecule has 1 saturated heterocycles. The minimum atomic E-state index is -1.07. The van der Waals surface area contributed by atoms with Crippen LogP contribution >= 0.6 is 0 Å². The predicted octanol–water partition coefficient (Wildman–Crippen LogP) is 6.93. The average Bonchev–Trinajstić information content (AvgIpc) is 3.04. The summed E-state index contributed by atoms with van der Waals surface area (Å²) >= 11 is 0. The minimum absolute atomic E-state index is 0.0344. The van der Waals surface area contributed by atoms with Gasteiger partial charge in [0, 0.05) is 31.6 Å². The predicted molar refractivity (Wildman–Crippen MR) is 162 cm³/mol. The van der Waals surface area contributed by atoms with Gasteiger partial charge in [-0.25, -0.2) is 0 Å². The average molecular weight is 533 g/mol. The summed E-state index contributed by atoms with van der Waals surface area (Å²) < 4.78 is 0. The van der Waals surface area contributed by atoms with Crippen LogP contribution in [0.5, 0.6) is 0 Å². The Kier molecular flexibility index (Phi) is 8.78. The first-order valence-corrected chi connectivity index (χ1v) is 14.5. The fourth-order valence-electron chi connectivity index (χ4n) is 6.60. The number of likely N-dealkylation sites (N-methyl/N-ethyl adjacent to an activating group) is 1. The Bertz CT molecular complexity index is 1300. The van der Waals surface area contributed by atoms with Gasteiger partial charge in [0.1, 0.15) is 5.60 Å². The van der Waals surface area contributed by atoms with Crippen molar-refractivity contribution in [1.82, 2.24) is 9.80 Å². The lowest BCUT2D eigenvalue weighted by Gasteiger charge is -2.48. The van der Waals surface area contributed by atoms with E-state index in [0.717, 1.165) is 43.5 Å². The number of hydrogen-bond acceptors (Lipinski definition) is 3. The first kappa shape index (κ1) is 27.8. The number of nitrogens with zero attached hydrogens (tertiary/aromatic N) is 2. The summed E-state index contributed by atoms with van der Waals surface area (Å²) in [5.74, 6) is 0.255. The zero-order chi connectivity index (χ0) is 28.0. The zero-order valence-electron chi connectivity index (χ0n) is 23.6. The Morgan fingerprint density at radius 3 is 1.73 bits per heavy atom. The van der Waals surface area contributed by atoms with Gasteiger partial charge in [-0.2, -0.15) is 0 Å². The van der Waals surface area contributed by atoms with Gasteiger partial charge in [-0.1, -0.05) is 116 Å². The molecule has 0 aliphatic carbocycles. The normalized spacial score (nSPS) is 16.3. The highest BCUT2D eigenvalue weighted by molar-refractivity contribution is 5.94. The van der Waals surface area contributed by atoms with Crippen molar-refractivity contribution in [3.8, 4) is 0 Å². The van der Waals surface area contributed by atoms with E-state index in [9.17, 15) is 9.90 Å². The zero-order valence-corrected chi connectivity index (χ0v) is 23.6. The molecule has 0 saturated carbocycles. The first-order valence-electron chi connectivity index (χ1n) is 14.5. The van der Waals surface area contributed by atoms with Crippen LogP contribution in [0.2, 0.25) is 0 Å². The Morgan fingerprint density at radius 1 is 0.800 bits per heavy atom. The molecule has 1 heterocycles. The largest absolute Gasteiger partial charge is 0.380 e. The lowest BCUT2D eigenvalue weighted by atomic mass is 9.72. The summed E-state index contributed by atoms with van der Waals surface area (Å²) in [4.78, 5) is 18.1. The number of hydrogen-bond donors (Lipinski definition) is 1. The second kappa shape index (κ2) is 12.6. The quantitative estimate of drug-likeness (QED) is 0.254. The van der Waals surface area contributed by atoms with Crippen molar-refractivity contribution in [2.24, 2.45) is 5.92 Å². The van der Waals surface area contributed by atoms with Crippen LogP contribution in [0.3, 0.4) is 0 Å². The molecule has 40 heavy (non-hydrogen) atoms. The van der Waals surface area contributed by atoms with E-state index in [2.05, 4.69) is 36.1 Å². The second-order valence-electron chi connectivity index (χ2n) is 10.9. The van der Waals surface area contributed by atoms with Crippen molar-refractivity contribution in [1.29, 1.82) is 0 Å². The van der Waals surface area contributed by atoms with Crippen molar-refractivity contribution in [3.63, 3.8) is 0 Å². The summed E-state index contributed by atoms with van der Waals surface area (Å²) in [5.41, 5.74) is 2.75. The Morgan fingerprint density at radius 2 is 1.25 bits per heavy atom. The Balaban J connectivity index is 1.45. The van der Waals surface area contributed by atoms with Crippen LogP contribution in [-0.2, 0) is 5.60 Å². The summed E-state index contributed by atoms with van der Waals surface area (Å²) in [7, 11) is 1.95. The summed E-state index contributed by atoms with van der Waals surface area (Å²) in [6, 6.07) is 40.3. The Hall–Kier alpha value is -3.73. The molecule has 1 aliphatic heterocycles. The Labute approximate surface area is 238 Å². The van der Waals surface area contributed by atoms with Crippen molar-refractivity contribution in [3.05, 3.63) is 144 Å². The molecule has 0 spiro atoms. The fraction of sp³-hybridized carbons (Fsp3) is 0.306. The number of benzene rings is 4. The molecule has 0 aromatic heterocycles. The van der Waals surface area contributed by atoms with E-state index < -0.39 is 5.60 Å². The maximum absolute atomic E-state index is 13.7. The molecule has 1 amide bonds. The van der Waals surface area contributed by atoms with Gasteiger partial charge in [-0.05, 0) is 54.0 Å². The minimum Gasteiger partial charge on any atom is -0.380 e. The van der Waals surface area contributed by atoms with Gasteiger partial charge >= 0.3 is 0 Å². The molecule has 4 aromatic carbocycles. The summed E-state index contributed by atoms with van der Waals surface area (Å²) in [5, 5.41) is 12.4. The molecule has 2 atom stereocenters. The number of amides is 1. The lowest BCUT2D eigenvalue weighted by molar-refractivity contribution is -0.0394. The van der Waals surface area contributed by atoms with E-state index >= 15 is 0 Å². The number of aliphatic hydroxyl groups is 1. The highest BCUT2D eigenvalue weighted by Crippen LogP contribution is 2.43. The molecular weight excluding hydrogens is 492 g/mol. The highest BCUT2D eigenvalue weighted by atomic mass is 16.3. The van der Waals surface area contributed by atoms with Crippen molar-refractivity contribution < 1.29 is 9.90 Å². The van der Waals surface area contributed by atoms with Gasteiger partial charge in [0.05, 0.1) is 6.17 Å². The maximum atomic E-state index is 13.7. The van der Waals surface area contributed by atoms with Gasteiger partial charge in [0.15, 0.2) is 0 Å². The number of rotatable bonds is 9. The molecule has 1 N–H and O–H groups in total. The molecule has 0 radical (unpaired) electrons. The number of carbonyl (C=O) groups is 1. The third-order valence-corrected chi connectivity index (χ3v) is 8.69. The number of likely N-dealkylation sites (tertiary alicyclic amines) is 1. The standard InChI is InChI=1S/C36H40N2O2/c1-3-33(28-16-8-4-9-17-28)34(37(2)35(39)29-18-10-5-11-19-29)38-26-24-32(25-27-38)36(40,30-20-12-6-13-21-30)31-22-14-7-15-23-31/h4-23,32-34,40H,3,24-27H2,1-2H3. The lowest BCUT2D eigenvalue weighted by Crippen LogP contribution is -2.56. The first-order chi connectivity index (χ1) is 19.5. The van der Waals surface area contributed by atoms with Crippen LogP contribution in [0.25, 0.3) is 0 Å². The van der Waals surface area contributed by atoms with Crippen LogP contribution in [0.1, 0.15) is 59.2 Å². The maximum Gasteiger partial charge on any atom is 0.254 e. The van der Waals surface area contributed by atoms with Crippen molar-refractivity contribution >= 4 is 5.91 Å². The molecule has 4 nitrogen and oxygen atoms in total. The second-order valence-corrected chi connectivity index (χ2v) is 10.9. The van der Waals surface area contributed by atoms with E-state index in [4.69, 9.17) is 0 Å². The van der Waals surface area contributed by atoms with Crippen molar-refractivity contribution in [2.45, 2.75) is 43.9 Å². The van der Waals surface area contributed by atoms with Crippen LogP contribution < -0.4 is 0 Å². The van der Waals surface area contributed by atoms with Crippen LogP contribution in [0.4, 0.5) is 0 Å². The number of carbonyl (C=O) groups excluding carboxylic acids is 1. The van der Waals surface area contributed by atoms with Gasteiger partial charge in [0.25, 0.3) is 5.91 Å². The third-order valence-electron chi connectivity index (χ3n) is 8.69. The van der Waals surface area contributed by atoms with E-state index in [-0.39, 0.29) is 23.9 Å². The summed E-state index contributed by atoms with van der Waals surface area (Å²) in [6.07, 6.45) is 2.48. The molecule has 2 unspecified atom stereocenters. The van der Waals surface area contributed by atoms with Gasteiger partial charge < -0.3 is 10.0 Å². The molecule has 1 fully saturated rings. The molecule has 0 bridgehead atoms. The van der Waals surface area contributed by atoms with E-state index in [1.807, 2.05) is 109 Å². The van der Waals surface area contributed by atoms with Crippen molar-refractivity contribution in [2.75, 3.05) is 20.1 Å². The smallest absolute Gasteiger partial charge is 0.254 e. The van der Waals surface area contributed by atoms with E-state index in [0.29, 0.717) is 5.56 Å². The molecule has 4 heteroatoms. The molecular formula is C36H40N2O2. The van der Waals surface area contributed by atoms with Crippen LogP contribution in [0, 0.1) is 5.92 Å². The topological polar surface area (TPSA) is 43.8 Å². The summed E-state index contributed by atoms with van der Waals surface area (Å²) in [6.45, 7) is 3.81. The van der Waals surface area contributed by atoms with Gasteiger partial charge in [-0.3, -0.25) is 9.69 Å². The molecule has 206 valence electrons. The van der Waals surface area contributed by atoms with E-state index in [1.165, 1.54) is 5.56 Å². The molecule has 1 aliphatic rings. The third kappa shape index (κ3) is 5.60. The van der Waals surface area contributed by atoms with Crippen LogP contribution in [-0.4, -0.2) is 47.1 Å². The van der Waals surface area contributed by atoms with Crippen LogP contribution in [0.15, 0.2) is 121 Å². The van der Waals surface area contributed by atoms with Gasteiger partial charge in [0.2, 0.25) is 0 Å². The number of piperidine rings is 1. The fourth-order valence-corrected chi connectivity index (χ4v) is 6.60. The van der Waals surface area contributed by atoms with E-state index in [1.54, 1.807) is 0 Å². The molecule has 5 rings (SSSR count). The monoisotopic (exact) mass is 532 g/mol.